The van der Waals surface area contributed by atoms with E-state index in [-0.39, 0.29) is 29.0 Å². The van der Waals surface area contributed by atoms with Crippen molar-refractivity contribution in [1.82, 2.24) is 4.90 Å². The highest BCUT2D eigenvalue weighted by Crippen LogP contribution is 2.50. The third kappa shape index (κ3) is 4.62. The maximum Gasteiger partial charge on any atom is 0.421 e. The minimum atomic E-state index is -1.89. The van der Waals surface area contributed by atoms with Crippen LogP contribution >= 0.6 is 0 Å². The van der Waals surface area contributed by atoms with E-state index in [0.29, 0.717) is 5.56 Å². The molecule has 9 nitrogen and oxygen atoms in total. The largest absolute Gasteiger partial charge is 0.464 e. The molecule has 0 aliphatic carbocycles. The monoisotopic (exact) mass is 572 g/mol. The van der Waals surface area contributed by atoms with Crippen LogP contribution in [0.15, 0.2) is 72.8 Å². The van der Waals surface area contributed by atoms with Gasteiger partial charge in [-0.1, -0.05) is 42.5 Å². The van der Waals surface area contributed by atoms with Gasteiger partial charge < -0.3 is 9.47 Å². The summed E-state index contributed by atoms with van der Waals surface area (Å²) in [6.45, 7) is 6.42. The van der Waals surface area contributed by atoms with Gasteiger partial charge in [-0.2, -0.15) is 0 Å². The average Bonchev–Trinajstić information content (AvgIpc) is 3.34. The Bertz CT molecular complexity index is 1580. The van der Waals surface area contributed by atoms with Gasteiger partial charge in [0.25, 0.3) is 17.7 Å². The van der Waals surface area contributed by atoms with Crippen LogP contribution in [0.4, 0.5) is 14.9 Å². The van der Waals surface area contributed by atoms with Crippen LogP contribution in [0.25, 0.3) is 0 Å². The second-order valence-electron chi connectivity index (χ2n) is 11.1. The first kappa shape index (κ1) is 28.7. The zero-order valence-corrected chi connectivity index (χ0v) is 23.5. The molecule has 0 radical (unpaired) electrons. The molecule has 2 atom stereocenters. The maximum atomic E-state index is 14.9. The van der Waals surface area contributed by atoms with Gasteiger partial charge >= 0.3 is 12.1 Å². The Kier molecular flexibility index (Phi) is 7.18. The normalized spacial score (nSPS) is 18.5. The lowest BCUT2D eigenvalue weighted by Crippen LogP contribution is -2.53. The van der Waals surface area contributed by atoms with Gasteiger partial charge in [0.05, 0.1) is 23.4 Å². The molecule has 3 aromatic rings. The standard InChI is InChI=1S/C32H29FN2O7/c1-5-41-28(38)25(34-26(36)21-13-9-10-14-22(21)27(34)37)18-32(19-11-7-6-8-12-19)23-17-20(33)15-16-24(23)35(29(32)39)30(40)42-31(2,3)4/h6-17,25H,5,18H2,1-4H3/t25-,32-/m0/s1. The second kappa shape index (κ2) is 10.5. The van der Waals surface area contributed by atoms with Crippen LogP contribution in [0.3, 0.4) is 0 Å². The summed E-state index contributed by atoms with van der Waals surface area (Å²) in [5, 5.41) is 0. The van der Waals surface area contributed by atoms with Crippen LogP contribution in [0.5, 0.6) is 0 Å². The lowest BCUT2D eigenvalue weighted by atomic mass is 9.70. The molecule has 2 aliphatic rings. The molecule has 0 aromatic heterocycles. The molecule has 0 spiro atoms. The van der Waals surface area contributed by atoms with E-state index in [9.17, 15) is 28.4 Å². The van der Waals surface area contributed by atoms with E-state index in [1.165, 1.54) is 18.2 Å². The van der Waals surface area contributed by atoms with Crippen molar-refractivity contribution in [2.45, 2.75) is 51.2 Å². The number of halogens is 1. The van der Waals surface area contributed by atoms with Gasteiger partial charge in [-0.25, -0.2) is 18.9 Å². The van der Waals surface area contributed by atoms with Crippen molar-refractivity contribution in [1.29, 1.82) is 0 Å². The molecule has 5 rings (SSSR count). The Morgan fingerprint density at radius 1 is 0.905 bits per heavy atom. The first-order valence-corrected chi connectivity index (χ1v) is 13.5. The summed E-state index contributed by atoms with van der Waals surface area (Å²) >= 11 is 0. The second-order valence-corrected chi connectivity index (χ2v) is 11.1. The number of amides is 4. The molecular weight excluding hydrogens is 543 g/mol. The lowest BCUT2D eigenvalue weighted by molar-refractivity contribution is -0.148. The molecule has 2 aliphatic heterocycles. The Hall–Kier alpha value is -4.86. The van der Waals surface area contributed by atoms with Crippen molar-refractivity contribution < 1.29 is 37.8 Å². The minimum Gasteiger partial charge on any atom is -0.464 e. The summed E-state index contributed by atoms with van der Waals surface area (Å²) in [7, 11) is 0. The van der Waals surface area contributed by atoms with Crippen LogP contribution in [-0.2, 0) is 24.5 Å². The summed E-state index contributed by atoms with van der Waals surface area (Å²) in [5.74, 6) is -3.91. The Morgan fingerprint density at radius 2 is 1.50 bits per heavy atom. The van der Waals surface area contributed by atoms with Gasteiger partial charge in [0.15, 0.2) is 0 Å². The average molecular weight is 573 g/mol. The molecule has 3 aromatic carbocycles. The fraction of sp³-hybridized carbons (Fsp3) is 0.281. The third-order valence-corrected chi connectivity index (χ3v) is 7.27. The first-order chi connectivity index (χ1) is 19.9. The highest BCUT2D eigenvalue weighted by molar-refractivity contribution is 6.24. The number of ether oxygens (including phenoxy) is 2. The highest BCUT2D eigenvalue weighted by atomic mass is 19.1. The van der Waals surface area contributed by atoms with Gasteiger partial charge in [-0.15, -0.1) is 0 Å². The van der Waals surface area contributed by atoms with E-state index in [2.05, 4.69) is 0 Å². The van der Waals surface area contributed by atoms with Gasteiger partial charge in [-0.05, 0) is 69.2 Å². The number of rotatable bonds is 6. The van der Waals surface area contributed by atoms with Gasteiger partial charge in [-0.3, -0.25) is 19.3 Å². The summed E-state index contributed by atoms with van der Waals surface area (Å²) in [6.07, 6.45) is -1.51. The maximum absolute atomic E-state index is 14.9. The molecule has 4 amide bonds. The van der Waals surface area contributed by atoms with Crippen molar-refractivity contribution >= 4 is 35.5 Å². The zero-order valence-electron chi connectivity index (χ0n) is 23.5. The quantitative estimate of drug-likeness (QED) is 0.302. The molecule has 0 N–H and O–H groups in total. The Labute approximate surface area is 241 Å². The minimum absolute atomic E-state index is 0.0597. The molecular formula is C32H29FN2O7. The highest BCUT2D eigenvalue weighted by Gasteiger charge is 2.58. The van der Waals surface area contributed by atoms with E-state index in [0.717, 1.165) is 21.9 Å². The fourth-order valence-electron chi connectivity index (χ4n) is 5.57. The lowest BCUT2D eigenvalue weighted by Gasteiger charge is -2.35. The van der Waals surface area contributed by atoms with Crippen molar-refractivity contribution in [2.75, 3.05) is 11.5 Å². The topological polar surface area (TPSA) is 110 Å². The Morgan fingerprint density at radius 3 is 2.07 bits per heavy atom. The van der Waals surface area contributed by atoms with E-state index < -0.39 is 59.1 Å². The van der Waals surface area contributed by atoms with Crippen LogP contribution in [0, 0.1) is 5.82 Å². The number of benzene rings is 3. The number of hydrogen-bond donors (Lipinski definition) is 0. The van der Waals surface area contributed by atoms with Crippen LogP contribution in [-0.4, -0.2) is 52.9 Å². The number of esters is 1. The molecule has 42 heavy (non-hydrogen) atoms. The fourth-order valence-corrected chi connectivity index (χ4v) is 5.57. The predicted octanol–water partition coefficient (Wildman–Crippen LogP) is 5.01. The number of carbonyl (C=O) groups is 5. The van der Waals surface area contributed by atoms with E-state index in [1.807, 2.05) is 0 Å². The number of fused-ring (bicyclic) bond motifs is 2. The number of anilines is 1. The SMILES string of the molecule is CCOC(=O)[C@H](C[C@@]1(c2ccccc2)C(=O)N(C(=O)OC(C)(C)C)c2ccc(F)cc21)N1C(=O)c2ccccc2C1=O. The number of carbonyl (C=O) groups excluding carboxylic acids is 5. The summed E-state index contributed by atoms with van der Waals surface area (Å²) in [5.41, 5.74) is -2.19. The molecule has 0 saturated carbocycles. The van der Waals surface area contributed by atoms with Crippen molar-refractivity contribution in [3.05, 3.63) is 101 Å². The van der Waals surface area contributed by atoms with Gasteiger partial charge in [0.2, 0.25) is 0 Å². The third-order valence-electron chi connectivity index (χ3n) is 7.27. The van der Waals surface area contributed by atoms with Crippen LogP contribution in [0.2, 0.25) is 0 Å². The van der Waals surface area contributed by atoms with Crippen molar-refractivity contribution in [3.63, 3.8) is 0 Å². The summed E-state index contributed by atoms with van der Waals surface area (Å²) < 4.78 is 25.8. The zero-order chi connectivity index (χ0) is 30.4. The number of nitrogens with zero attached hydrogens (tertiary/aromatic N) is 2. The predicted molar refractivity (Wildman–Crippen MR) is 149 cm³/mol. The number of imide groups is 2. The van der Waals surface area contributed by atoms with E-state index in [1.54, 1.807) is 70.2 Å². The van der Waals surface area contributed by atoms with Crippen LogP contribution in [0.1, 0.15) is 66.0 Å². The molecule has 0 bridgehead atoms. The van der Waals surface area contributed by atoms with Crippen molar-refractivity contribution in [3.8, 4) is 0 Å². The smallest absolute Gasteiger partial charge is 0.421 e. The Balaban J connectivity index is 1.73. The molecule has 10 heteroatoms. The summed E-state index contributed by atoms with van der Waals surface area (Å²) in [4.78, 5) is 70.3. The van der Waals surface area contributed by atoms with Gasteiger partial charge in [0.1, 0.15) is 22.9 Å². The van der Waals surface area contributed by atoms with E-state index in [4.69, 9.17) is 9.47 Å². The molecule has 0 saturated heterocycles. The first-order valence-electron chi connectivity index (χ1n) is 13.5. The molecule has 2 heterocycles. The van der Waals surface area contributed by atoms with Gasteiger partial charge in [0, 0.05) is 6.42 Å². The van der Waals surface area contributed by atoms with Crippen molar-refractivity contribution in [2.24, 2.45) is 0 Å². The van der Waals surface area contributed by atoms with E-state index >= 15 is 0 Å². The summed E-state index contributed by atoms with van der Waals surface area (Å²) in [6, 6.07) is 16.3. The molecule has 216 valence electrons. The molecule has 0 fully saturated rings. The van der Waals surface area contributed by atoms with Crippen LogP contribution < -0.4 is 4.90 Å². The number of hydrogen-bond acceptors (Lipinski definition) is 7. The molecule has 0 unspecified atom stereocenters.